The van der Waals surface area contributed by atoms with Crippen LogP contribution in [-0.2, 0) is 15.6 Å². The largest absolute Gasteiger partial charge is 0.465 e. The molecule has 0 fully saturated rings. The van der Waals surface area contributed by atoms with Crippen molar-refractivity contribution in [3.63, 3.8) is 0 Å². The molecule has 0 aliphatic rings. The van der Waals surface area contributed by atoms with E-state index in [1.54, 1.807) is 36.4 Å². The first kappa shape index (κ1) is 12.9. The first-order valence-electron chi connectivity index (χ1n) is 5.24. The molecular formula is C13H11ClO3S. The highest BCUT2D eigenvalue weighted by Crippen LogP contribution is 2.14. The molecule has 1 heterocycles. The summed E-state index contributed by atoms with van der Waals surface area (Å²) >= 11 is 5.74. The lowest BCUT2D eigenvalue weighted by Gasteiger charge is -1.99. The van der Waals surface area contributed by atoms with Gasteiger partial charge in [0.25, 0.3) is 0 Å². The van der Waals surface area contributed by atoms with Crippen molar-refractivity contribution in [1.82, 2.24) is 0 Å². The molecule has 0 bridgehead atoms. The summed E-state index contributed by atoms with van der Waals surface area (Å²) in [7, 11) is -3.31. The lowest BCUT2D eigenvalue weighted by molar-refractivity contribution is 0.557. The molecule has 0 aliphatic carbocycles. The van der Waals surface area contributed by atoms with Crippen LogP contribution in [0.25, 0.3) is 6.08 Å². The van der Waals surface area contributed by atoms with E-state index in [4.69, 9.17) is 16.0 Å². The Balaban J connectivity index is 2.10. The van der Waals surface area contributed by atoms with E-state index in [1.807, 2.05) is 0 Å². The molecule has 0 radical (unpaired) electrons. The zero-order valence-electron chi connectivity index (χ0n) is 9.41. The normalized spacial score (nSPS) is 12.1. The van der Waals surface area contributed by atoms with Gasteiger partial charge in [-0.3, -0.25) is 0 Å². The summed E-state index contributed by atoms with van der Waals surface area (Å²) in [6.07, 6.45) is 2.93. The third kappa shape index (κ3) is 3.75. The molecule has 0 atom stereocenters. The Kier molecular flexibility index (Phi) is 3.89. The van der Waals surface area contributed by atoms with Crippen molar-refractivity contribution in [3.8, 4) is 0 Å². The lowest BCUT2D eigenvalue weighted by atomic mass is 10.2. The molecular weight excluding hydrogens is 272 g/mol. The molecule has 1 aromatic carbocycles. The van der Waals surface area contributed by atoms with E-state index >= 15 is 0 Å². The van der Waals surface area contributed by atoms with Gasteiger partial charge in [-0.1, -0.05) is 23.7 Å². The fourth-order valence-electron chi connectivity index (χ4n) is 1.42. The van der Waals surface area contributed by atoms with Gasteiger partial charge in [0, 0.05) is 10.4 Å². The van der Waals surface area contributed by atoms with Crippen molar-refractivity contribution in [2.75, 3.05) is 0 Å². The van der Waals surface area contributed by atoms with Crippen LogP contribution >= 0.6 is 11.6 Å². The number of sulfone groups is 1. The smallest absolute Gasteiger partial charge is 0.175 e. The molecule has 0 amide bonds. The monoisotopic (exact) mass is 282 g/mol. The fraction of sp³-hybridized carbons (Fsp3) is 0.0769. The second kappa shape index (κ2) is 5.42. The van der Waals surface area contributed by atoms with Gasteiger partial charge in [-0.2, -0.15) is 0 Å². The molecule has 2 rings (SSSR count). The van der Waals surface area contributed by atoms with Gasteiger partial charge >= 0.3 is 0 Å². The van der Waals surface area contributed by atoms with E-state index in [2.05, 4.69) is 0 Å². The van der Waals surface area contributed by atoms with Crippen LogP contribution in [0.1, 0.15) is 11.3 Å². The minimum atomic E-state index is -3.31. The predicted molar refractivity (Wildman–Crippen MR) is 71.8 cm³/mol. The van der Waals surface area contributed by atoms with Crippen molar-refractivity contribution < 1.29 is 12.8 Å². The van der Waals surface area contributed by atoms with Crippen molar-refractivity contribution in [3.05, 3.63) is 64.4 Å². The molecule has 18 heavy (non-hydrogen) atoms. The first-order chi connectivity index (χ1) is 8.55. The van der Waals surface area contributed by atoms with Crippen molar-refractivity contribution in [2.24, 2.45) is 0 Å². The zero-order valence-corrected chi connectivity index (χ0v) is 11.0. The maximum atomic E-state index is 11.8. The van der Waals surface area contributed by atoms with Gasteiger partial charge in [0.2, 0.25) is 0 Å². The van der Waals surface area contributed by atoms with Crippen LogP contribution < -0.4 is 0 Å². The number of furan rings is 1. The van der Waals surface area contributed by atoms with E-state index in [1.165, 1.54) is 12.3 Å². The number of benzene rings is 1. The summed E-state index contributed by atoms with van der Waals surface area (Å²) in [5, 5.41) is 1.74. The number of hydrogen-bond acceptors (Lipinski definition) is 3. The fourth-order valence-corrected chi connectivity index (χ4v) is 2.64. The second-order valence-electron chi connectivity index (χ2n) is 3.75. The van der Waals surface area contributed by atoms with E-state index < -0.39 is 9.84 Å². The van der Waals surface area contributed by atoms with Crippen LogP contribution in [0.5, 0.6) is 0 Å². The standard InChI is InChI=1S/C13H11ClO3S/c14-12-5-3-11(4-6-12)10-18(15,16)9-7-13-2-1-8-17-13/h1-9H,10H2. The predicted octanol–water partition coefficient (Wildman–Crippen LogP) is 3.52. The van der Waals surface area contributed by atoms with Crippen molar-refractivity contribution in [1.29, 1.82) is 0 Å². The van der Waals surface area contributed by atoms with E-state index in [0.29, 0.717) is 16.3 Å². The topological polar surface area (TPSA) is 47.3 Å². The van der Waals surface area contributed by atoms with Crippen molar-refractivity contribution >= 4 is 27.5 Å². The maximum absolute atomic E-state index is 11.8. The molecule has 0 saturated heterocycles. The highest BCUT2D eigenvalue weighted by Gasteiger charge is 2.07. The Bertz CT molecular complexity index is 625. The summed E-state index contributed by atoms with van der Waals surface area (Å²) in [5.74, 6) is 0.455. The van der Waals surface area contributed by atoms with Gasteiger partial charge in [0.05, 0.1) is 12.0 Å². The van der Waals surface area contributed by atoms with E-state index in [0.717, 1.165) is 5.41 Å². The second-order valence-corrected chi connectivity index (χ2v) is 6.07. The van der Waals surface area contributed by atoms with E-state index in [-0.39, 0.29) is 5.75 Å². The van der Waals surface area contributed by atoms with Gasteiger partial charge in [-0.05, 0) is 35.9 Å². The maximum Gasteiger partial charge on any atom is 0.175 e. The van der Waals surface area contributed by atoms with Gasteiger partial charge in [0.1, 0.15) is 5.76 Å². The molecule has 0 spiro atoms. The lowest BCUT2D eigenvalue weighted by Crippen LogP contribution is -1.99. The van der Waals surface area contributed by atoms with Crippen LogP contribution in [0.15, 0.2) is 52.5 Å². The minimum absolute atomic E-state index is 0.0542. The third-order valence-corrected chi connectivity index (χ3v) is 3.80. The molecule has 0 unspecified atom stereocenters. The van der Waals surface area contributed by atoms with E-state index in [9.17, 15) is 8.42 Å². The average Bonchev–Trinajstić information content (AvgIpc) is 2.83. The number of halogens is 1. The van der Waals surface area contributed by atoms with Gasteiger partial charge in [-0.15, -0.1) is 0 Å². The summed E-state index contributed by atoms with van der Waals surface area (Å²) in [6.45, 7) is 0. The van der Waals surface area contributed by atoms with Crippen LogP contribution in [0, 0.1) is 0 Å². The number of hydrogen-bond donors (Lipinski definition) is 0. The molecule has 94 valence electrons. The Morgan fingerprint density at radius 2 is 1.89 bits per heavy atom. The van der Waals surface area contributed by atoms with Crippen molar-refractivity contribution in [2.45, 2.75) is 5.75 Å². The van der Waals surface area contributed by atoms with Crippen LogP contribution in [0.2, 0.25) is 5.02 Å². The quantitative estimate of drug-likeness (QED) is 0.862. The van der Waals surface area contributed by atoms with Crippen LogP contribution in [-0.4, -0.2) is 8.42 Å². The number of rotatable bonds is 4. The first-order valence-corrected chi connectivity index (χ1v) is 7.33. The molecule has 0 saturated carbocycles. The minimum Gasteiger partial charge on any atom is -0.465 e. The van der Waals surface area contributed by atoms with Gasteiger partial charge in [-0.25, -0.2) is 8.42 Å². The Hall–Kier alpha value is -1.52. The SMILES string of the molecule is O=S(=O)(C=Cc1ccco1)Cc1ccc(Cl)cc1. The Labute approximate surface area is 111 Å². The molecule has 0 N–H and O–H groups in total. The summed E-state index contributed by atoms with van der Waals surface area (Å²) in [6, 6.07) is 10.1. The molecule has 3 nitrogen and oxygen atoms in total. The summed E-state index contributed by atoms with van der Waals surface area (Å²) in [4.78, 5) is 0. The highest BCUT2D eigenvalue weighted by atomic mass is 35.5. The summed E-state index contributed by atoms with van der Waals surface area (Å²) < 4.78 is 28.7. The third-order valence-electron chi connectivity index (χ3n) is 2.26. The van der Waals surface area contributed by atoms with Gasteiger partial charge < -0.3 is 4.42 Å². The van der Waals surface area contributed by atoms with Crippen LogP contribution in [0.3, 0.4) is 0 Å². The van der Waals surface area contributed by atoms with Gasteiger partial charge in [0.15, 0.2) is 9.84 Å². The van der Waals surface area contributed by atoms with Crippen LogP contribution in [0.4, 0.5) is 0 Å². The molecule has 1 aromatic heterocycles. The average molecular weight is 283 g/mol. The molecule has 5 heteroatoms. The summed E-state index contributed by atoms with van der Waals surface area (Å²) in [5.41, 5.74) is 0.698. The zero-order chi connectivity index (χ0) is 13.0. The Morgan fingerprint density at radius 3 is 2.50 bits per heavy atom. The highest BCUT2D eigenvalue weighted by molar-refractivity contribution is 7.93. The molecule has 2 aromatic rings. The Morgan fingerprint density at radius 1 is 1.17 bits per heavy atom. The molecule has 0 aliphatic heterocycles.